The van der Waals surface area contributed by atoms with Gasteiger partial charge in [0.15, 0.2) is 5.76 Å². The normalized spacial score (nSPS) is 23.9. The molecular weight excluding hydrogens is 228 g/mol. The maximum atomic E-state index is 11.9. The van der Waals surface area contributed by atoms with Crippen LogP contribution in [0.25, 0.3) is 0 Å². The first-order valence-corrected chi connectivity index (χ1v) is 6.79. The summed E-state index contributed by atoms with van der Waals surface area (Å²) >= 11 is 0. The molecule has 2 rings (SSSR count). The van der Waals surface area contributed by atoms with Crippen molar-refractivity contribution in [2.24, 2.45) is 0 Å². The van der Waals surface area contributed by atoms with Gasteiger partial charge in [-0.3, -0.25) is 4.79 Å². The molecule has 0 aromatic carbocycles. The van der Waals surface area contributed by atoms with E-state index < -0.39 is 0 Å². The maximum absolute atomic E-state index is 11.9. The summed E-state index contributed by atoms with van der Waals surface area (Å²) in [7, 11) is 0. The number of hydrogen-bond donors (Lipinski definition) is 2. The molecule has 0 spiro atoms. The lowest BCUT2D eigenvalue weighted by Gasteiger charge is -2.29. The molecule has 1 amide bonds. The highest BCUT2D eigenvalue weighted by Crippen LogP contribution is 2.19. The Labute approximate surface area is 108 Å². The number of furan rings is 1. The molecule has 1 heterocycles. The maximum Gasteiger partial charge on any atom is 0.287 e. The van der Waals surface area contributed by atoms with E-state index in [9.17, 15) is 4.79 Å². The summed E-state index contributed by atoms with van der Waals surface area (Å²) in [5, 5.41) is 6.51. The predicted molar refractivity (Wildman–Crippen MR) is 70.6 cm³/mol. The predicted octanol–water partition coefficient (Wildman–Crippen LogP) is 2.24. The molecule has 4 nitrogen and oxygen atoms in total. The highest BCUT2D eigenvalue weighted by Gasteiger charge is 2.22. The van der Waals surface area contributed by atoms with E-state index >= 15 is 0 Å². The molecule has 0 radical (unpaired) electrons. The van der Waals surface area contributed by atoms with Gasteiger partial charge < -0.3 is 15.1 Å². The summed E-state index contributed by atoms with van der Waals surface area (Å²) < 4.78 is 5.32. The minimum Gasteiger partial charge on any atom is -0.456 e. The van der Waals surface area contributed by atoms with Crippen LogP contribution in [0.3, 0.4) is 0 Å². The molecule has 1 saturated carbocycles. The lowest BCUT2D eigenvalue weighted by Crippen LogP contribution is -2.42. The first-order valence-electron chi connectivity index (χ1n) is 6.79. The molecule has 1 fully saturated rings. The summed E-state index contributed by atoms with van der Waals surface area (Å²) in [4.78, 5) is 11.9. The van der Waals surface area contributed by atoms with Gasteiger partial charge in [-0.05, 0) is 51.3 Å². The zero-order valence-electron chi connectivity index (χ0n) is 11.2. The SMILES string of the molecule is CCNC1CCC(NC(=O)c2ccc(C)o2)CC1. The quantitative estimate of drug-likeness (QED) is 0.861. The van der Waals surface area contributed by atoms with Gasteiger partial charge in [-0.1, -0.05) is 6.92 Å². The summed E-state index contributed by atoms with van der Waals surface area (Å²) in [5.74, 6) is 1.10. The van der Waals surface area contributed by atoms with E-state index in [-0.39, 0.29) is 11.9 Å². The number of amides is 1. The Balaban J connectivity index is 1.79. The molecule has 1 aliphatic rings. The minimum atomic E-state index is -0.0880. The van der Waals surface area contributed by atoms with Crippen LogP contribution >= 0.6 is 0 Å². The lowest BCUT2D eigenvalue weighted by molar-refractivity contribution is 0.0895. The van der Waals surface area contributed by atoms with E-state index in [2.05, 4.69) is 17.6 Å². The molecule has 100 valence electrons. The Hall–Kier alpha value is -1.29. The molecule has 0 saturated heterocycles. The minimum absolute atomic E-state index is 0.0880. The fraction of sp³-hybridized carbons (Fsp3) is 0.643. The Morgan fingerprint density at radius 3 is 2.50 bits per heavy atom. The molecule has 1 aromatic heterocycles. The average molecular weight is 250 g/mol. The van der Waals surface area contributed by atoms with Gasteiger partial charge in [0.05, 0.1) is 0 Å². The molecule has 0 unspecified atom stereocenters. The number of carbonyl (C=O) groups is 1. The van der Waals surface area contributed by atoms with Gasteiger partial charge in [0.1, 0.15) is 5.76 Å². The molecule has 2 N–H and O–H groups in total. The second-order valence-corrected chi connectivity index (χ2v) is 4.99. The van der Waals surface area contributed by atoms with Crippen molar-refractivity contribution in [2.75, 3.05) is 6.54 Å². The van der Waals surface area contributed by atoms with Gasteiger partial charge in [-0.15, -0.1) is 0 Å². The third-order valence-corrected chi connectivity index (χ3v) is 3.52. The number of nitrogens with one attached hydrogen (secondary N) is 2. The third kappa shape index (κ3) is 3.35. The Morgan fingerprint density at radius 2 is 1.94 bits per heavy atom. The van der Waals surface area contributed by atoms with E-state index in [0.29, 0.717) is 11.8 Å². The van der Waals surface area contributed by atoms with Gasteiger partial charge in [-0.2, -0.15) is 0 Å². The van der Waals surface area contributed by atoms with Gasteiger partial charge in [0.2, 0.25) is 0 Å². The van der Waals surface area contributed by atoms with Crippen molar-refractivity contribution < 1.29 is 9.21 Å². The van der Waals surface area contributed by atoms with Crippen LogP contribution in [0, 0.1) is 6.92 Å². The van der Waals surface area contributed by atoms with Gasteiger partial charge in [0.25, 0.3) is 5.91 Å². The Morgan fingerprint density at radius 1 is 1.28 bits per heavy atom. The van der Waals surface area contributed by atoms with Crippen molar-refractivity contribution in [1.29, 1.82) is 0 Å². The van der Waals surface area contributed by atoms with Gasteiger partial charge in [0, 0.05) is 12.1 Å². The van der Waals surface area contributed by atoms with E-state index in [1.807, 2.05) is 13.0 Å². The lowest BCUT2D eigenvalue weighted by atomic mass is 9.91. The van der Waals surface area contributed by atoms with Crippen LogP contribution in [0.4, 0.5) is 0 Å². The molecule has 0 atom stereocenters. The van der Waals surface area contributed by atoms with E-state index in [1.54, 1.807) is 6.07 Å². The largest absolute Gasteiger partial charge is 0.456 e. The number of aryl methyl sites for hydroxylation is 1. The number of carbonyl (C=O) groups excluding carboxylic acids is 1. The smallest absolute Gasteiger partial charge is 0.287 e. The van der Waals surface area contributed by atoms with Crippen molar-refractivity contribution in [1.82, 2.24) is 10.6 Å². The van der Waals surface area contributed by atoms with Crippen molar-refractivity contribution >= 4 is 5.91 Å². The summed E-state index contributed by atoms with van der Waals surface area (Å²) in [5.41, 5.74) is 0. The van der Waals surface area contributed by atoms with E-state index in [0.717, 1.165) is 38.0 Å². The summed E-state index contributed by atoms with van der Waals surface area (Å²) in [6, 6.07) is 4.46. The Kier molecular flexibility index (Phi) is 4.42. The molecule has 0 bridgehead atoms. The summed E-state index contributed by atoms with van der Waals surface area (Å²) in [6.45, 7) is 5.00. The fourth-order valence-electron chi connectivity index (χ4n) is 2.54. The van der Waals surface area contributed by atoms with Gasteiger partial charge >= 0.3 is 0 Å². The fourth-order valence-corrected chi connectivity index (χ4v) is 2.54. The van der Waals surface area contributed by atoms with Crippen molar-refractivity contribution in [3.8, 4) is 0 Å². The molecular formula is C14H22N2O2. The van der Waals surface area contributed by atoms with Crippen LogP contribution in [-0.4, -0.2) is 24.5 Å². The van der Waals surface area contributed by atoms with Crippen LogP contribution in [0.1, 0.15) is 48.9 Å². The monoisotopic (exact) mass is 250 g/mol. The standard InChI is InChI=1S/C14H22N2O2/c1-3-15-11-5-7-12(8-6-11)16-14(17)13-9-4-10(2)18-13/h4,9,11-12,15H,3,5-8H2,1-2H3,(H,16,17). The molecule has 18 heavy (non-hydrogen) atoms. The van der Waals surface area contributed by atoms with E-state index in [4.69, 9.17) is 4.42 Å². The highest BCUT2D eigenvalue weighted by atomic mass is 16.3. The van der Waals surface area contributed by atoms with Crippen LogP contribution in [0.15, 0.2) is 16.5 Å². The zero-order chi connectivity index (χ0) is 13.0. The number of hydrogen-bond acceptors (Lipinski definition) is 3. The van der Waals surface area contributed by atoms with Crippen LogP contribution in [0.5, 0.6) is 0 Å². The second-order valence-electron chi connectivity index (χ2n) is 4.99. The first-order chi connectivity index (χ1) is 8.69. The Bertz CT molecular complexity index is 392. The molecule has 1 aliphatic carbocycles. The van der Waals surface area contributed by atoms with Crippen molar-refractivity contribution in [2.45, 2.75) is 51.6 Å². The summed E-state index contributed by atoms with van der Waals surface area (Å²) in [6.07, 6.45) is 4.36. The second kappa shape index (κ2) is 6.05. The highest BCUT2D eigenvalue weighted by molar-refractivity contribution is 5.91. The van der Waals surface area contributed by atoms with Crippen LogP contribution < -0.4 is 10.6 Å². The van der Waals surface area contributed by atoms with Crippen LogP contribution in [-0.2, 0) is 0 Å². The molecule has 4 heteroatoms. The first kappa shape index (κ1) is 13.1. The number of rotatable bonds is 4. The van der Waals surface area contributed by atoms with Crippen LogP contribution in [0.2, 0.25) is 0 Å². The zero-order valence-corrected chi connectivity index (χ0v) is 11.2. The average Bonchev–Trinajstić information content (AvgIpc) is 2.79. The molecule has 0 aliphatic heterocycles. The third-order valence-electron chi connectivity index (χ3n) is 3.52. The molecule has 1 aromatic rings. The van der Waals surface area contributed by atoms with Crippen molar-refractivity contribution in [3.63, 3.8) is 0 Å². The van der Waals surface area contributed by atoms with E-state index in [1.165, 1.54) is 0 Å². The van der Waals surface area contributed by atoms with Crippen molar-refractivity contribution in [3.05, 3.63) is 23.7 Å². The topological polar surface area (TPSA) is 54.3 Å². The van der Waals surface area contributed by atoms with Gasteiger partial charge in [-0.25, -0.2) is 0 Å².